The zero-order valence-electron chi connectivity index (χ0n) is 11.2. The second-order valence-electron chi connectivity index (χ2n) is 4.41. The molecule has 1 N–H and O–H groups in total. The van der Waals surface area contributed by atoms with Gasteiger partial charge in [-0.3, -0.25) is 10.1 Å². The smallest absolute Gasteiger partial charge is 0.262 e. The summed E-state index contributed by atoms with van der Waals surface area (Å²) in [7, 11) is 0. The summed E-state index contributed by atoms with van der Waals surface area (Å²) in [5.74, 6) is -0.284. The first-order chi connectivity index (χ1) is 9.54. The van der Waals surface area contributed by atoms with Gasteiger partial charge in [0.05, 0.1) is 6.20 Å². The second-order valence-corrected chi connectivity index (χ2v) is 5.59. The molecule has 0 unspecified atom stereocenters. The molecule has 102 valence electrons. The number of amides is 1. The fourth-order valence-corrected chi connectivity index (χ4v) is 2.53. The Kier molecular flexibility index (Phi) is 2.94. The summed E-state index contributed by atoms with van der Waals surface area (Å²) in [4.78, 5) is 16.6. The summed E-state index contributed by atoms with van der Waals surface area (Å²) in [5.41, 5.74) is 2.74. The third kappa shape index (κ3) is 2.14. The molecule has 8 heteroatoms. The number of hydrogen-bond donors (Lipinski definition) is 1. The zero-order chi connectivity index (χ0) is 14.3. The largest absolute Gasteiger partial charge is 0.296 e. The van der Waals surface area contributed by atoms with Crippen LogP contribution < -0.4 is 5.32 Å². The summed E-state index contributed by atoms with van der Waals surface area (Å²) >= 11 is 1.32. The van der Waals surface area contributed by atoms with Crippen molar-refractivity contribution in [3.8, 4) is 0 Å². The number of rotatable bonds is 2. The Bertz CT molecular complexity index is 805. The van der Waals surface area contributed by atoms with E-state index in [0.717, 1.165) is 16.4 Å². The molecule has 3 aromatic rings. The van der Waals surface area contributed by atoms with Crippen LogP contribution in [0.3, 0.4) is 0 Å². The molecule has 0 saturated carbocycles. The third-order valence-corrected chi connectivity index (χ3v) is 3.52. The van der Waals surface area contributed by atoms with E-state index in [9.17, 15) is 4.79 Å². The van der Waals surface area contributed by atoms with E-state index >= 15 is 0 Å². The minimum absolute atomic E-state index is 0.284. The number of aryl methyl sites for hydroxylation is 3. The van der Waals surface area contributed by atoms with Gasteiger partial charge in [-0.1, -0.05) is 11.3 Å². The van der Waals surface area contributed by atoms with Crippen molar-refractivity contribution in [2.24, 2.45) is 0 Å². The predicted octanol–water partition coefficient (Wildman–Crippen LogP) is 1.76. The molecule has 0 atom stereocenters. The molecule has 3 aromatic heterocycles. The Balaban J connectivity index is 1.99. The molecule has 7 nitrogen and oxygen atoms in total. The molecule has 0 saturated heterocycles. The number of hydrogen-bond acceptors (Lipinski definition) is 6. The van der Waals surface area contributed by atoms with Gasteiger partial charge in [0.2, 0.25) is 5.13 Å². The summed E-state index contributed by atoms with van der Waals surface area (Å²) in [5, 5.41) is 15.9. The average molecular weight is 288 g/mol. The van der Waals surface area contributed by atoms with Crippen LogP contribution in [0.4, 0.5) is 5.13 Å². The van der Waals surface area contributed by atoms with Gasteiger partial charge in [0.1, 0.15) is 10.6 Å². The maximum absolute atomic E-state index is 12.3. The standard InChI is InChI=1S/C12H12N6OS/c1-6-4-7(2)18-10(14-6)9(5-13-18)11(19)15-12-17-16-8(3)20-12/h4-5H,1-3H3,(H,15,17,19). The van der Waals surface area contributed by atoms with E-state index in [0.29, 0.717) is 16.3 Å². The molecule has 0 bridgehead atoms. The summed E-state index contributed by atoms with van der Waals surface area (Å²) in [6.07, 6.45) is 1.51. The molecule has 0 aliphatic heterocycles. The topological polar surface area (TPSA) is 85.1 Å². The van der Waals surface area contributed by atoms with Gasteiger partial charge >= 0.3 is 0 Å². The van der Waals surface area contributed by atoms with Gasteiger partial charge < -0.3 is 0 Å². The molecular formula is C12H12N6OS. The van der Waals surface area contributed by atoms with Gasteiger partial charge in [0, 0.05) is 11.4 Å². The maximum Gasteiger partial charge on any atom is 0.262 e. The van der Waals surface area contributed by atoms with Crippen LogP contribution in [-0.2, 0) is 0 Å². The van der Waals surface area contributed by atoms with Crippen LogP contribution >= 0.6 is 11.3 Å². The Morgan fingerprint density at radius 2 is 2.10 bits per heavy atom. The average Bonchev–Trinajstić information content (AvgIpc) is 2.95. The lowest BCUT2D eigenvalue weighted by atomic mass is 10.3. The second kappa shape index (κ2) is 4.64. The molecule has 0 spiro atoms. The van der Waals surface area contributed by atoms with Crippen molar-refractivity contribution >= 4 is 28.0 Å². The summed E-state index contributed by atoms with van der Waals surface area (Å²) in [6.45, 7) is 5.64. The van der Waals surface area contributed by atoms with E-state index in [1.807, 2.05) is 26.8 Å². The number of carbonyl (C=O) groups is 1. The van der Waals surface area contributed by atoms with E-state index in [1.165, 1.54) is 17.5 Å². The third-order valence-electron chi connectivity index (χ3n) is 2.77. The van der Waals surface area contributed by atoms with Gasteiger partial charge in [-0.05, 0) is 26.8 Å². The van der Waals surface area contributed by atoms with E-state index in [-0.39, 0.29) is 5.91 Å². The summed E-state index contributed by atoms with van der Waals surface area (Å²) in [6, 6.07) is 1.91. The Morgan fingerprint density at radius 3 is 2.80 bits per heavy atom. The van der Waals surface area contributed by atoms with Gasteiger partial charge in [-0.25, -0.2) is 9.50 Å². The highest BCUT2D eigenvalue weighted by Gasteiger charge is 2.16. The molecule has 0 aromatic carbocycles. The monoisotopic (exact) mass is 288 g/mol. The number of carbonyl (C=O) groups excluding carboxylic acids is 1. The number of nitrogens with zero attached hydrogens (tertiary/aromatic N) is 5. The van der Waals surface area contributed by atoms with Crippen LogP contribution in [0.25, 0.3) is 5.65 Å². The van der Waals surface area contributed by atoms with Crippen LogP contribution in [0, 0.1) is 20.8 Å². The number of anilines is 1. The van der Waals surface area contributed by atoms with Crippen molar-refractivity contribution in [1.82, 2.24) is 24.8 Å². The Morgan fingerprint density at radius 1 is 1.30 bits per heavy atom. The van der Waals surface area contributed by atoms with Gasteiger partial charge in [0.25, 0.3) is 5.91 Å². The predicted molar refractivity (Wildman–Crippen MR) is 75.1 cm³/mol. The lowest BCUT2D eigenvalue weighted by Gasteiger charge is -2.02. The highest BCUT2D eigenvalue weighted by Crippen LogP contribution is 2.17. The normalized spacial score (nSPS) is 10.9. The van der Waals surface area contributed by atoms with Gasteiger partial charge in [0.15, 0.2) is 5.65 Å². The molecule has 0 radical (unpaired) electrons. The van der Waals surface area contributed by atoms with E-state index in [2.05, 4.69) is 25.6 Å². The Hall–Kier alpha value is -2.35. The van der Waals surface area contributed by atoms with Crippen LogP contribution in [0.1, 0.15) is 26.8 Å². The molecule has 0 aliphatic rings. The first kappa shape index (κ1) is 12.7. The first-order valence-corrected chi connectivity index (χ1v) is 6.79. The minimum atomic E-state index is -0.284. The molecule has 0 fully saturated rings. The quantitative estimate of drug-likeness (QED) is 0.776. The fourth-order valence-electron chi connectivity index (χ4n) is 1.94. The minimum Gasteiger partial charge on any atom is -0.296 e. The highest BCUT2D eigenvalue weighted by molar-refractivity contribution is 7.15. The van der Waals surface area contributed by atoms with Crippen molar-refractivity contribution in [3.05, 3.63) is 34.2 Å². The molecule has 20 heavy (non-hydrogen) atoms. The molecule has 3 rings (SSSR count). The van der Waals surface area contributed by atoms with E-state index < -0.39 is 0 Å². The van der Waals surface area contributed by atoms with Crippen LogP contribution in [0.15, 0.2) is 12.3 Å². The molecule has 0 aliphatic carbocycles. The van der Waals surface area contributed by atoms with Crippen LogP contribution in [0.2, 0.25) is 0 Å². The number of aromatic nitrogens is 5. The Labute approximate surface area is 118 Å². The summed E-state index contributed by atoms with van der Waals surface area (Å²) < 4.78 is 1.65. The van der Waals surface area contributed by atoms with Crippen molar-refractivity contribution in [3.63, 3.8) is 0 Å². The van der Waals surface area contributed by atoms with Crippen molar-refractivity contribution in [1.29, 1.82) is 0 Å². The lowest BCUT2D eigenvalue weighted by molar-refractivity contribution is 0.102. The van der Waals surface area contributed by atoms with E-state index in [4.69, 9.17) is 0 Å². The molecule has 1 amide bonds. The zero-order valence-corrected chi connectivity index (χ0v) is 12.0. The fraction of sp³-hybridized carbons (Fsp3) is 0.250. The number of fused-ring (bicyclic) bond motifs is 1. The molecular weight excluding hydrogens is 276 g/mol. The highest BCUT2D eigenvalue weighted by atomic mass is 32.1. The van der Waals surface area contributed by atoms with Gasteiger partial charge in [-0.2, -0.15) is 5.10 Å². The van der Waals surface area contributed by atoms with Crippen LogP contribution in [0.5, 0.6) is 0 Å². The van der Waals surface area contributed by atoms with Gasteiger partial charge in [-0.15, -0.1) is 10.2 Å². The first-order valence-electron chi connectivity index (χ1n) is 5.98. The van der Waals surface area contributed by atoms with Crippen LogP contribution in [-0.4, -0.2) is 30.7 Å². The lowest BCUT2D eigenvalue weighted by Crippen LogP contribution is -2.12. The SMILES string of the molecule is Cc1cc(C)n2ncc(C(=O)Nc3nnc(C)s3)c2n1. The van der Waals surface area contributed by atoms with Crippen molar-refractivity contribution < 1.29 is 4.79 Å². The van der Waals surface area contributed by atoms with Crippen molar-refractivity contribution in [2.45, 2.75) is 20.8 Å². The van der Waals surface area contributed by atoms with Crippen molar-refractivity contribution in [2.75, 3.05) is 5.32 Å². The molecule has 3 heterocycles. The maximum atomic E-state index is 12.3. The van der Waals surface area contributed by atoms with E-state index in [1.54, 1.807) is 4.52 Å². The number of nitrogens with one attached hydrogen (secondary N) is 1.